The minimum atomic E-state index is -0.841. The van der Waals surface area contributed by atoms with Gasteiger partial charge in [0.1, 0.15) is 6.26 Å². The van der Waals surface area contributed by atoms with Crippen molar-refractivity contribution in [1.82, 2.24) is 10.6 Å². The summed E-state index contributed by atoms with van der Waals surface area (Å²) >= 11 is 0. The average molecular weight is 218 g/mol. The Morgan fingerprint density at radius 2 is 1.53 bits per heavy atom. The van der Waals surface area contributed by atoms with Crippen LogP contribution < -0.4 is 10.6 Å². The van der Waals surface area contributed by atoms with Gasteiger partial charge in [-0.15, -0.1) is 0 Å². The predicted octanol–water partition coefficient (Wildman–Crippen LogP) is -0.330. The van der Waals surface area contributed by atoms with Crippen LogP contribution in [-0.2, 0) is 19.0 Å². The second-order valence-corrected chi connectivity index (χ2v) is 2.00. The third kappa shape index (κ3) is 5.91. The lowest BCUT2D eigenvalue weighted by molar-refractivity contribution is -0.123. The number of carbonyl (C=O) groups is 3. The molecule has 0 aliphatic rings. The Hall–Kier alpha value is -2.25. The SMILES string of the molecule is COC(=O)NC(=COC=O)NC(=O)OC. The number of amides is 2. The van der Waals surface area contributed by atoms with E-state index in [-0.39, 0.29) is 12.3 Å². The molecule has 0 bridgehead atoms. The van der Waals surface area contributed by atoms with Gasteiger partial charge in [0.25, 0.3) is 6.47 Å². The molecule has 0 aromatic carbocycles. The van der Waals surface area contributed by atoms with E-state index in [2.05, 4.69) is 24.8 Å². The van der Waals surface area contributed by atoms with E-state index in [4.69, 9.17) is 0 Å². The molecule has 0 radical (unpaired) electrons. The highest BCUT2D eigenvalue weighted by Crippen LogP contribution is 1.87. The first kappa shape index (κ1) is 12.8. The lowest BCUT2D eigenvalue weighted by atomic mass is 10.7. The van der Waals surface area contributed by atoms with Crippen LogP contribution in [0.2, 0.25) is 0 Å². The van der Waals surface area contributed by atoms with E-state index >= 15 is 0 Å². The number of ether oxygens (including phenoxy) is 3. The van der Waals surface area contributed by atoms with Gasteiger partial charge in [0, 0.05) is 0 Å². The summed E-state index contributed by atoms with van der Waals surface area (Å²) in [6.07, 6.45) is -0.875. The van der Waals surface area contributed by atoms with Crippen molar-refractivity contribution in [2.24, 2.45) is 0 Å². The van der Waals surface area contributed by atoms with Crippen molar-refractivity contribution in [3.05, 3.63) is 12.1 Å². The molecule has 0 aromatic heterocycles. The van der Waals surface area contributed by atoms with E-state index < -0.39 is 12.2 Å². The summed E-state index contributed by atoms with van der Waals surface area (Å²) in [6.45, 7) is 0.109. The first-order valence-electron chi connectivity index (χ1n) is 3.63. The van der Waals surface area contributed by atoms with Gasteiger partial charge < -0.3 is 14.2 Å². The second kappa shape index (κ2) is 7.18. The quantitative estimate of drug-likeness (QED) is 0.380. The molecule has 0 aliphatic carbocycles. The monoisotopic (exact) mass is 218 g/mol. The molecule has 0 unspecified atom stereocenters. The molecule has 8 heteroatoms. The van der Waals surface area contributed by atoms with Crippen LogP contribution in [0.25, 0.3) is 0 Å². The molecule has 0 spiro atoms. The minimum absolute atomic E-state index is 0.109. The van der Waals surface area contributed by atoms with Gasteiger partial charge >= 0.3 is 12.2 Å². The zero-order valence-corrected chi connectivity index (χ0v) is 8.10. The van der Waals surface area contributed by atoms with Crippen LogP contribution in [0.15, 0.2) is 12.1 Å². The molecule has 0 saturated carbocycles. The molecule has 0 saturated heterocycles. The van der Waals surface area contributed by atoms with Crippen LogP contribution in [0.3, 0.4) is 0 Å². The highest BCUT2D eigenvalue weighted by molar-refractivity contribution is 5.73. The summed E-state index contributed by atoms with van der Waals surface area (Å²) in [5.74, 6) is -0.194. The highest BCUT2D eigenvalue weighted by atomic mass is 16.5. The molecule has 8 nitrogen and oxygen atoms in total. The number of carbonyl (C=O) groups excluding carboxylic acids is 3. The Bertz CT molecular complexity index is 255. The van der Waals surface area contributed by atoms with Crippen molar-refractivity contribution in [3.8, 4) is 0 Å². The maximum Gasteiger partial charge on any atom is 0.412 e. The Kier molecular flexibility index (Phi) is 6.10. The topological polar surface area (TPSA) is 103 Å². The van der Waals surface area contributed by atoms with Gasteiger partial charge in [-0.25, -0.2) is 9.59 Å². The molecular weight excluding hydrogens is 208 g/mol. The second-order valence-electron chi connectivity index (χ2n) is 2.00. The van der Waals surface area contributed by atoms with Crippen molar-refractivity contribution >= 4 is 18.7 Å². The molecule has 2 amide bonds. The van der Waals surface area contributed by atoms with Gasteiger partial charge in [0.2, 0.25) is 0 Å². The minimum Gasteiger partial charge on any atom is -0.453 e. The van der Waals surface area contributed by atoms with E-state index in [0.717, 1.165) is 20.5 Å². The molecule has 0 fully saturated rings. The molecular formula is C7H10N2O6. The third-order valence-electron chi connectivity index (χ3n) is 1.09. The molecule has 0 aromatic rings. The Morgan fingerprint density at radius 1 is 1.07 bits per heavy atom. The van der Waals surface area contributed by atoms with Gasteiger partial charge in [-0.3, -0.25) is 15.4 Å². The summed E-state index contributed by atoms with van der Waals surface area (Å²) < 4.78 is 12.7. The number of alkyl carbamates (subject to hydrolysis) is 2. The molecule has 15 heavy (non-hydrogen) atoms. The Morgan fingerprint density at radius 3 is 1.87 bits per heavy atom. The lowest BCUT2D eigenvalue weighted by Crippen LogP contribution is -2.35. The zero-order valence-electron chi connectivity index (χ0n) is 8.10. The summed E-state index contributed by atoms with van der Waals surface area (Å²) in [5, 5.41) is 4.14. The first-order valence-corrected chi connectivity index (χ1v) is 3.63. The van der Waals surface area contributed by atoms with E-state index in [1.807, 2.05) is 0 Å². The van der Waals surface area contributed by atoms with Crippen molar-refractivity contribution in [2.45, 2.75) is 0 Å². The summed E-state index contributed by atoms with van der Waals surface area (Å²) in [5.41, 5.74) is 0. The summed E-state index contributed by atoms with van der Waals surface area (Å²) in [6, 6.07) is 0. The van der Waals surface area contributed by atoms with E-state index in [1.54, 1.807) is 0 Å². The van der Waals surface area contributed by atoms with Crippen molar-refractivity contribution in [2.75, 3.05) is 14.2 Å². The van der Waals surface area contributed by atoms with Crippen LogP contribution in [-0.4, -0.2) is 32.9 Å². The number of hydrogen-bond acceptors (Lipinski definition) is 6. The molecule has 2 N–H and O–H groups in total. The van der Waals surface area contributed by atoms with Gasteiger partial charge in [0.15, 0.2) is 5.82 Å². The fraction of sp³-hybridized carbons (Fsp3) is 0.286. The first-order chi connectivity index (χ1) is 7.13. The van der Waals surface area contributed by atoms with Crippen LogP contribution in [0.5, 0.6) is 0 Å². The van der Waals surface area contributed by atoms with Crippen molar-refractivity contribution in [1.29, 1.82) is 0 Å². The fourth-order valence-corrected chi connectivity index (χ4v) is 0.508. The Labute approximate surface area is 85.2 Å². The smallest absolute Gasteiger partial charge is 0.412 e. The number of methoxy groups -OCH3 is 2. The van der Waals surface area contributed by atoms with Crippen LogP contribution >= 0.6 is 0 Å². The van der Waals surface area contributed by atoms with Crippen LogP contribution in [0.1, 0.15) is 0 Å². The number of nitrogens with one attached hydrogen (secondary N) is 2. The third-order valence-corrected chi connectivity index (χ3v) is 1.09. The normalized spacial score (nSPS) is 8.13. The molecule has 0 heterocycles. The summed E-state index contributed by atoms with van der Waals surface area (Å²) in [4.78, 5) is 31.4. The largest absolute Gasteiger partial charge is 0.453 e. The van der Waals surface area contributed by atoms with Gasteiger partial charge in [-0.1, -0.05) is 0 Å². The summed E-state index contributed by atoms with van der Waals surface area (Å²) in [7, 11) is 2.26. The fourth-order valence-electron chi connectivity index (χ4n) is 0.508. The van der Waals surface area contributed by atoms with Gasteiger partial charge in [-0.05, 0) is 0 Å². The zero-order chi connectivity index (χ0) is 11.7. The van der Waals surface area contributed by atoms with Crippen LogP contribution in [0, 0.1) is 0 Å². The van der Waals surface area contributed by atoms with Gasteiger partial charge in [-0.2, -0.15) is 0 Å². The van der Waals surface area contributed by atoms with E-state index in [0.29, 0.717) is 0 Å². The lowest BCUT2D eigenvalue weighted by Gasteiger charge is -2.08. The van der Waals surface area contributed by atoms with E-state index in [1.165, 1.54) is 0 Å². The van der Waals surface area contributed by atoms with E-state index in [9.17, 15) is 14.4 Å². The molecule has 0 aliphatic heterocycles. The molecule has 0 rings (SSSR count). The van der Waals surface area contributed by atoms with Crippen LogP contribution in [0.4, 0.5) is 9.59 Å². The van der Waals surface area contributed by atoms with Crippen molar-refractivity contribution in [3.63, 3.8) is 0 Å². The maximum absolute atomic E-state index is 10.7. The van der Waals surface area contributed by atoms with Gasteiger partial charge in [0.05, 0.1) is 14.2 Å². The highest BCUT2D eigenvalue weighted by Gasteiger charge is 2.08. The predicted molar refractivity (Wildman–Crippen MR) is 46.3 cm³/mol. The van der Waals surface area contributed by atoms with Crippen molar-refractivity contribution < 1.29 is 28.6 Å². The number of hydrogen-bond donors (Lipinski definition) is 2. The number of rotatable bonds is 4. The standard InChI is InChI=1S/C7H10N2O6/c1-13-6(11)8-5(3-15-4-10)9-7(12)14-2/h3-4H,1-2H3,(H,8,11)(H,9,12). The molecule has 0 atom stereocenters. The molecule has 84 valence electrons. The maximum atomic E-state index is 10.7. The average Bonchev–Trinajstić information content (AvgIpc) is 2.25. The Balaban J connectivity index is 4.37.